The molecule has 0 atom stereocenters. The number of thiazole rings is 1. The normalized spacial score (nSPS) is 10.3. The molecule has 0 aliphatic carbocycles. The second-order valence-electron chi connectivity index (χ2n) is 3.07. The summed E-state index contributed by atoms with van der Waals surface area (Å²) in [4.78, 5) is 17.1. The van der Waals surface area contributed by atoms with E-state index < -0.39 is 0 Å². The van der Waals surface area contributed by atoms with Gasteiger partial charge in [0.15, 0.2) is 0 Å². The van der Waals surface area contributed by atoms with Crippen LogP contribution in [-0.4, -0.2) is 35.9 Å². The van der Waals surface area contributed by atoms with E-state index in [-0.39, 0.29) is 5.91 Å². The summed E-state index contributed by atoms with van der Waals surface area (Å²) in [5, 5.41) is 3.92. The summed E-state index contributed by atoms with van der Waals surface area (Å²) in [6.07, 6.45) is 1.61. The highest BCUT2D eigenvalue weighted by Gasteiger charge is 2.06. The minimum Gasteiger partial charge on any atom is -0.345 e. The van der Waals surface area contributed by atoms with Crippen LogP contribution in [0.4, 0.5) is 0 Å². The zero-order valence-electron chi connectivity index (χ0n) is 8.79. The van der Waals surface area contributed by atoms with Crippen molar-refractivity contribution in [3.8, 4) is 0 Å². The molecular weight excluding hydrogens is 234 g/mol. The van der Waals surface area contributed by atoms with Crippen LogP contribution in [0.1, 0.15) is 11.9 Å². The van der Waals surface area contributed by atoms with Crippen molar-refractivity contribution in [1.29, 1.82) is 0 Å². The number of hydrogen-bond acceptors (Lipinski definition) is 4. The maximum absolute atomic E-state index is 11.4. The zero-order chi connectivity index (χ0) is 11.3. The lowest BCUT2D eigenvalue weighted by atomic mass is 10.5. The Morgan fingerprint density at radius 3 is 3.00 bits per heavy atom. The van der Waals surface area contributed by atoms with Crippen molar-refractivity contribution in [3.05, 3.63) is 15.5 Å². The average Bonchev–Trinajstić information content (AvgIpc) is 2.63. The maximum atomic E-state index is 11.4. The molecule has 1 aromatic rings. The van der Waals surface area contributed by atoms with Crippen LogP contribution in [0.25, 0.3) is 0 Å². The van der Waals surface area contributed by atoms with Crippen molar-refractivity contribution in [2.45, 2.75) is 13.5 Å². The van der Waals surface area contributed by atoms with Gasteiger partial charge in [-0.1, -0.05) is 11.6 Å². The van der Waals surface area contributed by atoms with E-state index in [9.17, 15) is 4.79 Å². The molecule has 0 saturated carbocycles. The Balaban J connectivity index is 2.24. The molecule has 0 radical (unpaired) electrons. The molecule has 0 aromatic carbocycles. The van der Waals surface area contributed by atoms with Crippen molar-refractivity contribution in [2.24, 2.45) is 0 Å². The van der Waals surface area contributed by atoms with E-state index in [1.165, 1.54) is 11.3 Å². The van der Waals surface area contributed by atoms with Crippen LogP contribution in [0.15, 0.2) is 6.20 Å². The molecule has 0 unspecified atom stereocenters. The van der Waals surface area contributed by atoms with Gasteiger partial charge in [0.05, 0.1) is 12.7 Å². The van der Waals surface area contributed by atoms with Crippen LogP contribution in [-0.2, 0) is 11.3 Å². The van der Waals surface area contributed by atoms with E-state index in [0.717, 1.165) is 11.6 Å². The Morgan fingerprint density at radius 1 is 1.73 bits per heavy atom. The summed E-state index contributed by atoms with van der Waals surface area (Å²) < 4.78 is 0.670. The van der Waals surface area contributed by atoms with Gasteiger partial charge in [-0.3, -0.25) is 4.79 Å². The van der Waals surface area contributed by atoms with Gasteiger partial charge < -0.3 is 10.2 Å². The number of halogens is 1. The number of likely N-dealkylation sites (N-methyl/N-ethyl adjacent to an activating group) is 1. The lowest BCUT2D eigenvalue weighted by Crippen LogP contribution is -2.35. The Kier molecular flexibility index (Phi) is 5.01. The van der Waals surface area contributed by atoms with Gasteiger partial charge in [-0.15, -0.1) is 11.3 Å². The number of carbonyl (C=O) groups excluding carboxylic acids is 1. The number of hydrogen-bond donors (Lipinski definition) is 1. The number of aromatic nitrogens is 1. The topological polar surface area (TPSA) is 45.2 Å². The van der Waals surface area contributed by atoms with Gasteiger partial charge in [-0.2, -0.15) is 0 Å². The minimum atomic E-state index is 0.0835. The van der Waals surface area contributed by atoms with E-state index in [2.05, 4.69) is 10.3 Å². The number of carbonyl (C=O) groups is 1. The van der Waals surface area contributed by atoms with Crippen molar-refractivity contribution < 1.29 is 4.79 Å². The molecule has 4 nitrogen and oxygen atoms in total. The van der Waals surface area contributed by atoms with Gasteiger partial charge in [0.1, 0.15) is 9.34 Å². The minimum absolute atomic E-state index is 0.0835. The largest absolute Gasteiger partial charge is 0.345 e. The average molecular weight is 248 g/mol. The SMILES string of the molecule is CCN(C)C(=O)CNCc1ncc(Cl)s1. The van der Waals surface area contributed by atoms with Gasteiger partial charge in [-0.25, -0.2) is 4.98 Å². The highest BCUT2D eigenvalue weighted by atomic mass is 35.5. The quantitative estimate of drug-likeness (QED) is 0.855. The smallest absolute Gasteiger partial charge is 0.236 e. The first-order valence-electron chi connectivity index (χ1n) is 4.68. The fraction of sp³-hybridized carbons (Fsp3) is 0.556. The van der Waals surface area contributed by atoms with Crippen LogP contribution < -0.4 is 5.32 Å². The monoisotopic (exact) mass is 247 g/mol. The highest BCUT2D eigenvalue weighted by molar-refractivity contribution is 7.15. The molecule has 84 valence electrons. The van der Waals surface area contributed by atoms with E-state index in [1.54, 1.807) is 18.1 Å². The van der Waals surface area contributed by atoms with Crippen molar-refractivity contribution in [1.82, 2.24) is 15.2 Å². The van der Waals surface area contributed by atoms with Gasteiger partial charge >= 0.3 is 0 Å². The summed E-state index contributed by atoms with van der Waals surface area (Å²) in [6, 6.07) is 0. The lowest BCUT2D eigenvalue weighted by Gasteiger charge is -2.14. The van der Waals surface area contributed by atoms with Gasteiger partial charge in [0, 0.05) is 20.1 Å². The number of amides is 1. The Labute approximate surface area is 98.3 Å². The molecule has 15 heavy (non-hydrogen) atoms. The number of nitrogens with one attached hydrogen (secondary N) is 1. The van der Waals surface area contributed by atoms with Gasteiger partial charge in [0.2, 0.25) is 5.91 Å². The van der Waals surface area contributed by atoms with Crippen molar-refractivity contribution in [2.75, 3.05) is 20.1 Å². The van der Waals surface area contributed by atoms with E-state index in [1.807, 2.05) is 6.92 Å². The predicted octanol–water partition coefficient (Wildman–Crippen LogP) is 1.36. The lowest BCUT2D eigenvalue weighted by molar-refractivity contribution is -0.128. The summed E-state index contributed by atoms with van der Waals surface area (Å²) in [5.41, 5.74) is 0. The fourth-order valence-electron chi connectivity index (χ4n) is 0.957. The second-order valence-corrected chi connectivity index (χ2v) is 4.82. The first-order valence-corrected chi connectivity index (χ1v) is 5.87. The molecule has 1 N–H and O–H groups in total. The molecule has 0 spiro atoms. The van der Waals surface area contributed by atoms with Crippen molar-refractivity contribution >= 4 is 28.8 Å². The number of rotatable bonds is 5. The van der Waals surface area contributed by atoms with E-state index in [4.69, 9.17) is 11.6 Å². The van der Waals surface area contributed by atoms with Crippen LogP contribution in [0.3, 0.4) is 0 Å². The molecule has 1 aromatic heterocycles. The van der Waals surface area contributed by atoms with Gasteiger partial charge in [0.25, 0.3) is 0 Å². The molecule has 0 aliphatic rings. The third-order valence-corrected chi connectivity index (χ3v) is 3.09. The maximum Gasteiger partial charge on any atom is 0.236 e. The molecule has 0 fully saturated rings. The first-order chi connectivity index (χ1) is 7.13. The fourth-order valence-corrected chi connectivity index (χ4v) is 1.88. The standard InChI is InChI=1S/C9H14ClN3OS/c1-3-13(2)9(14)6-11-5-8-12-4-7(10)15-8/h4,11H,3,5-6H2,1-2H3. The Morgan fingerprint density at radius 2 is 2.47 bits per heavy atom. The summed E-state index contributed by atoms with van der Waals surface area (Å²) >= 11 is 7.15. The van der Waals surface area contributed by atoms with Crippen molar-refractivity contribution in [3.63, 3.8) is 0 Å². The Bertz CT molecular complexity index is 329. The highest BCUT2D eigenvalue weighted by Crippen LogP contribution is 2.17. The van der Waals surface area contributed by atoms with E-state index in [0.29, 0.717) is 17.4 Å². The third kappa shape index (κ3) is 4.15. The predicted molar refractivity (Wildman–Crippen MR) is 62.1 cm³/mol. The molecular formula is C9H14ClN3OS. The molecule has 1 heterocycles. The summed E-state index contributed by atoms with van der Waals surface area (Å²) in [5.74, 6) is 0.0835. The molecule has 0 aliphatic heterocycles. The second kappa shape index (κ2) is 6.05. The van der Waals surface area contributed by atoms with Crippen LogP contribution in [0.5, 0.6) is 0 Å². The summed E-state index contributed by atoms with van der Waals surface area (Å²) in [6.45, 7) is 3.59. The van der Waals surface area contributed by atoms with Gasteiger partial charge in [-0.05, 0) is 6.92 Å². The molecule has 0 saturated heterocycles. The van der Waals surface area contributed by atoms with E-state index >= 15 is 0 Å². The molecule has 6 heteroatoms. The zero-order valence-corrected chi connectivity index (χ0v) is 10.4. The van der Waals surface area contributed by atoms with Crippen LogP contribution in [0.2, 0.25) is 4.34 Å². The van der Waals surface area contributed by atoms with Crippen LogP contribution >= 0.6 is 22.9 Å². The first kappa shape index (κ1) is 12.4. The molecule has 0 bridgehead atoms. The number of nitrogens with zero attached hydrogens (tertiary/aromatic N) is 2. The molecule has 1 rings (SSSR count). The third-order valence-electron chi connectivity index (χ3n) is 1.98. The summed E-state index contributed by atoms with van der Waals surface area (Å²) in [7, 11) is 1.78. The molecule has 1 amide bonds. The van der Waals surface area contributed by atoms with Crippen LogP contribution in [0, 0.1) is 0 Å². The Hall–Kier alpha value is -0.650.